The van der Waals surface area contributed by atoms with Crippen molar-refractivity contribution in [2.75, 3.05) is 6.61 Å². The lowest BCUT2D eigenvalue weighted by Crippen LogP contribution is -2.32. The lowest BCUT2D eigenvalue weighted by molar-refractivity contribution is 0.0161. The molecule has 0 radical (unpaired) electrons. The first-order valence-electron chi connectivity index (χ1n) is 4.09. The molecule has 1 heterocycles. The van der Waals surface area contributed by atoms with E-state index in [-0.39, 0.29) is 6.10 Å². The summed E-state index contributed by atoms with van der Waals surface area (Å²) in [6, 6.07) is 0. The number of rotatable bonds is 2. The highest BCUT2D eigenvalue weighted by Gasteiger charge is 2.29. The Kier molecular flexibility index (Phi) is 3.37. The van der Waals surface area contributed by atoms with Crippen molar-refractivity contribution in [3.8, 4) is 0 Å². The summed E-state index contributed by atoms with van der Waals surface area (Å²) in [4.78, 5) is 0. The quantitative estimate of drug-likeness (QED) is 0.652. The molecule has 3 nitrogen and oxygen atoms in total. The highest BCUT2D eigenvalue weighted by atomic mass is 35.7. The van der Waals surface area contributed by atoms with Crippen molar-refractivity contribution in [1.82, 2.24) is 0 Å². The summed E-state index contributed by atoms with van der Waals surface area (Å²) in [5, 5.41) is -0.405. The second-order valence-electron chi connectivity index (χ2n) is 3.02. The largest absolute Gasteiger partial charge is 0.378 e. The first-order valence-corrected chi connectivity index (χ1v) is 6.46. The van der Waals surface area contributed by atoms with Crippen molar-refractivity contribution < 1.29 is 13.2 Å². The summed E-state index contributed by atoms with van der Waals surface area (Å²) in [6.45, 7) is 2.49. The van der Waals surface area contributed by atoms with Gasteiger partial charge in [-0.05, 0) is 19.3 Å². The predicted octanol–water partition coefficient (Wildman–Crippen LogP) is 1.51. The van der Waals surface area contributed by atoms with E-state index >= 15 is 0 Å². The average Bonchev–Trinajstić information content (AvgIpc) is 2.03. The van der Waals surface area contributed by atoms with Gasteiger partial charge in [0.2, 0.25) is 9.05 Å². The first-order chi connectivity index (χ1) is 5.54. The molecule has 0 N–H and O–H groups in total. The molecule has 2 atom stereocenters. The molecule has 1 aliphatic rings. The first kappa shape index (κ1) is 10.3. The summed E-state index contributed by atoms with van der Waals surface area (Å²) in [6.07, 6.45) is 1.99. The minimum Gasteiger partial charge on any atom is -0.378 e. The van der Waals surface area contributed by atoms with Crippen LogP contribution < -0.4 is 0 Å². The zero-order valence-electron chi connectivity index (χ0n) is 6.99. The zero-order chi connectivity index (χ0) is 9.19. The van der Waals surface area contributed by atoms with E-state index in [9.17, 15) is 8.42 Å². The fourth-order valence-electron chi connectivity index (χ4n) is 1.39. The van der Waals surface area contributed by atoms with Gasteiger partial charge in [0.05, 0.1) is 11.4 Å². The second-order valence-corrected chi connectivity index (χ2v) is 5.93. The van der Waals surface area contributed by atoms with Crippen LogP contribution in [-0.2, 0) is 13.8 Å². The van der Waals surface area contributed by atoms with Gasteiger partial charge in [-0.2, -0.15) is 0 Å². The molecule has 0 amide bonds. The summed E-state index contributed by atoms with van der Waals surface area (Å²) < 4.78 is 27.2. The van der Waals surface area contributed by atoms with Crippen molar-refractivity contribution in [3.63, 3.8) is 0 Å². The molecule has 0 saturated carbocycles. The summed E-state index contributed by atoms with van der Waals surface area (Å²) in [7, 11) is 1.87. The van der Waals surface area contributed by atoms with Crippen LogP contribution in [-0.4, -0.2) is 26.4 Å². The molecule has 2 unspecified atom stereocenters. The minimum atomic E-state index is -3.38. The number of hydrogen-bond acceptors (Lipinski definition) is 3. The standard InChI is InChI=1S/C7H13ClO3S/c1-2-6-5-7(3-4-11-6)12(8,9)10/h6-7H,2-5H2,1H3. The third kappa shape index (κ3) is 2.61. The Hall–Kier alpha value is 0.200. The van der Waals surface area contributed by atoms with Gasteiger partial charge in [0.25, 0.3) is 0 Å². The Morgan fingerprint density at radius 3 is 2.75 bits per heavy atom. The molecule has 0 aromatic rings. The monoisotopic (exact) mass is 212 g/mol. The van der Waals surface area contributed by atoms with Crippen LogP contribution >= 0.6 is 10.7 Å². The highest BCUT2D eigenvalue weighted by Crippen LogP contribution is 2.24. The van der Waals surface area contributed by atoms with Crippen LogP contribution in [0.1, 0.15) is 26.2 Å². The molecule has 1 aliphatic heterocycles. The molecule has 0 bridgehead atoms. The van der Waals surface area contributed by atoms with Crippen molar-refractivity contribution in [1.29, 1.82) is 0 Å². The van der Waals surface area contributed by atoms with Gasteiger partial charge in [-0.15, -0.1) is 0 Å². The number of halogens is 1. The van der Waals surface area contributed by atoms with E-state index in [0.29, 0.717) is 19.4 Å². The molecule has 5 heteroatoms. The van der Waals surface area contributed by atoms with Gasteiger partial charge < -0.3 is 4.74 Å². The lowest BCUT2D eigenvalue weighted by Gasteiger charge is -2.26. The van der Waals surface area contributed by atoms with Crippen LogP contribution in [0.2, 0.25) is 0 Å². The maximum Gasteiger partial charge on any atom is 0.235 e. The van der Waals surface area contributed by atoms with Crippen molar-refractivity contribution >= 4 is 19.7 Å². The van der Waals surface area contributed by atoms with Crippen LogP contribution in [0.4, 0.5) is 0 Å². The topological polar surface area (TPSA) is 43.4 Å². The fourth-order valence-corrected chi connectivity index (χ4v) is 2.69. The third-order valence-electron chi connectivity index (χ3n) is 2.17. The van der Waals surface area contributed by atoms with E-state index in [1.165, 1.54) is 0 Å². The van der Waals surface area contributed by atoms with Gasteiger partial charge in [0, 0.05) is 17.3 Å². The highest BCUT2D eigenvalue weighted by molar-refractivity contribution is 8.14. The van der Waals surface area contributed by atoms with Gasteiger partial charge >= 0.3 is 0 Å². The van der Waals surface area contributed by atoms with Crippen molar-refractivity contribution in [3.05, 3.63) is 0 Å². The molecule has 0 spiro atoms. The van der Waals surface area contributed by atoms with E-state index in [0.717, 1.165) is 6.42 Å². The Morgan fingerprint density at radius 2 is 2.25 bits per heavy atom. The van der Waals surface area contributed by atoms with E-state index in [1.807, 2.05) is 6.92 Å². The van der Waals surface area contributed by atoms with Crippen molar-refractivity contribution in [2.45, 2.75) is 37.5 Å². The SMILES string of the molecule is CCC1CC(S(=O)(=O)Cl)CCO1. The Labute approximate surface area is 77.5 Å². The molecule has 1 fully saturated rings. The summed E-state index contributed by atoms with van der Waals surface area (Å²) in [5.74, 6) is 0. The number of ether oxygens (including phenoxy) is 1. The summed E-state index contributed by atoms with van der Waals surface area (Å²) in [5.41, 5.74) is 0. The second kappa shape index (κ2) is 3.94. The van der Waals surface area contributed by atoms with Crippen LogP contribution in [0.3, 0.4) is 0 Å². The fraction of sp³-hybridized carbons (Fsp3) is 1.00. The molecular weight excluding hydrogens is 200 g/mol. The van der Waals surface area contributed by atoms with Gasteiger partial charge in [-0.25, -0.2) is 8.42 Å². The molecule has 1 rings (SSSR count). The van der Waals surface area contributed by atoms with Gasteiger partial charge in [0.15, 0.2) is 0 Å². The van der Waals surface area contributed by atoms with Crippen LogP contribution in [0.5, 0.6) is 0 Å². The Bertz CT molecular complexity index is 237. The van der Waals surface area contributed by atoms with E-state index in [4.69, 9.17) is 15.4 Å². The molecular formula is C7H13ClO3S. The maximum atomic E-state index is 11.0. The van der Waals surface area contributed by atoms with Gasteiger partial charge in [0.1, 0.15) is 0 Å². The zero-order valence-corrected chi connectivity index (χ0v) is 8.57. The molecule has 0 aliphatic carbocycles. The third-order valence-corrected chi connectivity index (χ3v) is 4.15. The minimum absolute atomic E-state index is 0.0669. The van der Waals surface area contributed by atoms with E-state index in [2.05, 4.69) is 0 Å². The smallest absolute Gasteiger partial charge is 0.235 e. The number of hydrogen-bond donors (Lipinski definition) is 0. The molecule has 12 heavy (non-hydrogen) atoms. The summed E-state index contributed by atoms with van der Waals surface area (Å²) >= 11 is 0. The lowest BCUT2D eigenvalue weighted by atomic mass is 10.1. The van der Waals surface area contributed by atoms with Gasteiger partial charge in [-0.3, -0.25) is 0 Å². The van der Waals surface area contributed by atoms with Crippen LogP contribution in [0, 0.1) is 0 Å². The van der Waals surface area contributed by atoms with E-state index in [1.54, 1.807) is 0 Å². The molecule has 0 aromatic carbocycles. The Morgan fingerprint density at radius 1 is 1.58 bits per heavy atom. The molecule has 1 saturated heterocycles. The molecule has 0 aromatic heterocycles. The van der Waals surface area contributed by atoms with Crippen molar-refractivity contribution in [2.24, 2.45) is 0 Å². The van der Waals surface area contributed by atoms with Crippen LogP contribution in [0.15, 0.2) is 0 Å². The van der Waals surface area contributed by atoms with Gasteiger partial charge in [-0.1, -0.05) is 6.92 Å². The predicted molar refractivity (Wildman–Crippen MR) is 47.8 cm³/mol. The van der Waals surface area contributed by atoms with Crippen LogP contribution in [0.25, 0.3) is 0 Å². The Balaban J connectivity index is 2.58. The average molecular weight is 213 g/mol. The van der Waals surface area contributed by atoms with E-state index < -0.39 is 14.3 Å². The normalized spacial score (nSPS) is 31.8. The maximum absolute atomic E-state index is 11.0. The molecule has 72 valence electrons.